The zero-order chi connectivity index (χ0) is 20.7. The summed E-state index contributed by atoms with van der Waals surface area (Å²) < 4.78 is 4.71. The normalized spacial score (nSPS) is 13.1. The first kappa shape index (κ1) is 21.9. The highest BCUT2D eigenvalue weighted by Crippen LogP contribution is 2.15. The number of nitrogens with zero attached hydrogens (tertiary/aromatic N) is 2. The third kappa shape index (κ3) is 6.37. The molecule has 2 rings (SSSR count). The van der Waals surface area contributed by atoms with Gasteiger partial charge in [-0.15, -0.1) is 0 Å². The molecule has 0 fully saturated rings. The molecule has 0 saturated carbocycles. The number of methoxy groups -OCH3 is 1. The van der Waals surface area contributed by atoms with Crippen molar-refractivity contribution in [2.75, 3.05) is 7.11 Å². The number of rotatable bonds is 8. The van der Waals surface area contributed by atoms with Crippen LogP contribution in [0.15, 0.2) is 28.0 Å². The van der Waals surface area contributed by atoms with Crippen molar-refractivity contribution >= 4 is 33.8 Å². The van der Waals surface area contributed by atoms with E-state index in [1.54, 1.807) is 18.2 Å². The van der Waals surface area contributed by atoms with E-state index in [0.29, 0.717) is 39.1 Å². The van der Waals surface area contributed by atoms with Crippen LogP contribution in [0.25, 0.3) is 10.9 Å². The lowest BCUT2D eigenvalue weighted by molar-refractivity contribution is 0.0601. The number of nitrogens with two attached hydrogens (primary N) is 1. The van der Waals surface area contributed by atoms with Crippen LogP contribution in [0, 0.1) is 5.92 Å². The quantitative estimate of drug-likeness (QED) is 0.396. The molecule has 8 heteroatoms. The second kappa shape index (κ2) is 10.3. The van der Waals surface area contributed by atoms with Gasteiger partial charge in [0, 0.05) is 6.04 Å². The maximum absolute atomic E-state index is 12.3. The summed E-state index contributed by atoms with van der Waals surface area (Å²) in [5, 5.41) is 0.893. The summed E-state index contributed by atoms with van der Waals surface area (Å²) in [6.45, 7) is 6.48. The highest BCUT2D eigenvalue weighted by atomic mass is 32.2. The third-order valence-electron chi connectivity index (χ3n) is 4.28. The van der Waals surface area contributed by atoms with E-state index in [-0.39, 0.29) is 11.6 Å². The number of carbonyl (C=O) groups excluding carboxylic acids is 1. The number of nitrogens with one attached hydrogen (secondary N) is 1. The zero-order valence-electron chi connectivity index (χ0n) is 16.8. The molecular formula is C20H28N4O3S. The Bertz CT molecular complexity index is 908. The fraction of sp³-hybridized carbons (Fsp3) is 0.500. The summed E-state index contributed by atoms with van der Waals surface area (Å²) in [5.41, 5.74) is 6.56. The van der Waals surface area contributed by atoms with Gasteiger partial charge in [-0.25, -0.2) is 9.78 Å². The van der Waals surface area contributed by atoms with Crippen molar-refractivity contribution in [2.45, 2.75) is 51.8 Å². The van der Waals surface area contributed by atoms with Gasteiger partial charge in [0.25, 0.3) is 5.56 Å². The zero-order valence-corrected chi connectivity index (χ0v) is 17.6. The van der Waals surface area contributed by atoms with E-state index >= 15 is 0 Å². The minimum absolute atomic E-state index is 0.164. The average molecular weight is 405 g/mol. The van der Waals surface area contributed by atoms with Crippen LogP contribution in [-0.2, 0) is 10.5 Å². The van der Waals surface area contributed by atoms with Crippen LogP contribution < -0.4 is 11.3 Å². The lowest BCUT2D eigenvalue weighted by atomic mass is 10.0. The van der Waals surface area contributed by atoms with E-state index in [4.69, 9.17) is 10.5 Å². The highest BCUT2D eigenvalue weighted by molar-refractivity contribution is 8.13. The van der Waals surface area contributed by atoms with Gasteiger partial charge in [-0.3, -0.25) is 9.79 Å². The van der Waals surface area contributed by atoms with Gasteiger partial charge in [0.1, 0.15) is 5.82 Å². The first-order chi connectivity index (χ1) is 13.3. The summed E-state index contributed by atoms with van der Waals surface area (Å²) in [5.74, 6) is 1.10. The van der Waals surface area contributed by atoms with Crippen molar-refractivity contribution in [1.82, 2.24) is 9.97 Å². The Hall–Kier alpha value is -2.35. The molecule has 1 heterocycles. The minimum atomic E-state index is -0.470. The fourth-order valence-electron chi connectivity index (χ4n) is 2.78. The Morgan fingerprint density at radius 1 is 1.32 bits per heavy atom. The molecule has 1 aromatic carbocycles. The predicted octanol–water partition coefficient (Wildman–Crippen LogP) is 3.47. The van der Waals surface area contributed by atoms with Crippen molar-refractivity contribution in [1.29, 1.82) is 0 Å². The molecule has 3 N–H and O–H groups in total. The van der Waals surface area contributed by atoms with Crippen LogP contribution in [-0.4, -0.2) is 34.3 Å². The Balaban J connectivity index is 2.06. The molecule has 0 aliphatic carbocycles. The Labute approximate surface area is 169 Å². The lowest BCUT2D eigenvalue weighted by Gasteiger charge is -2.09. The van der Waals surface area contributed by atoms with Crippen LogP contribution in [0.5, 0.6) is 0 Å². The molecule has 28 heavy (non-hydrogen) atoms. The van der Waals surface area contributed by atoms with Crippen LogP contribution in [0.4, 0.5) is 0 Å². The number of aromatic nitrogens is 2. The Morgan fingerprint density at radius 3 is 2.75 bits per heavy atom. The number of aliphatic imine (C=N–C) groups is 1. The molecule has 0 bridgehead atoms. The van der Waals surface area contributed by atoms with E-state index in [0.717, 1.165) is 12.8 Å². The van der Waals surface area contributed by atoms with E-state index < -0.39 is 5.97 Å². The van der Waals surface area contributed by atoms with Crippen molar-refractivity contribution < 1.29 is 9.53 Å². The number of hydrogen-bond donors (Lipinski definition) is 2. The maximum atomic E-state index is 12.3. The number of carbonyl (C=O) groups is 1. The largest absolute Gasteiger partial charge is 0.465 e. The summed E-state index contributed by atoms with van der Waals surface area (Å²) in [7, 11) is 1.31. The number of fused-ring (bicyclic) bond motifs is 1. The number of esters is 1. The second-order valence-electron chi connectivity index (χ2n) is 7.17. The second-order valence-corrected chi connectivity index (χ2v) is 8.16. The van der Waals surface area contributed by atoms with Crippen molar-refractivity contribution in [3.05, 3.63) is 39.9 Å². The number of benzene rings is 1. The Kier molecular flexibility index (Phi) is 8.04. The summed E-state index contributed by atoms with van der Waals surface area (Å²) in [6.07, 6.45) is 3.31. The van der Waals surface area contributed by atoms with Gasteiger partial charge < -0.3 is 15.5 Å². The summed E-state index contributed by atoms with van der Waals surface area (Å²) in [4.78, 5) is 35.6. The van der Waals surface area contributed by atoms with Crippen molar-refractivity contribution in [2.24, 2.45) is 16.6 Å². The van der Waals surface area contributed by atoms with Gasteiger partial charge in [-0.1, -0.05) is 38.5 Å². The number of amidine groups is 1. The monoisotopic (exact) mass is 404 g/mol. The van der Waals surface area contributed by atoms with Crippen LogP contribution in [0.1, 0.15) is 56.2 Å². The van der Waals surface area contributed by atoms with Gasteiger partial charge in [0.15, 0.2) is 5.17 Å². The molecule has 2 aromatic rings. The molecular weight excluding hydrogens is 376 g/mol. The van der Waals surface area contributed by atoms with Crippen LogP contribution in [0.3, 0.4) is 0 Å². The average Bonchev–Trinajstić information content (AvgIpc) is 2.65. The van der Waals surface area contributed by atoms with E-state index in [2.05, 4.69) is 35.7 Å². The highest BCUT2D eigenvalue weighted by Gasteiger charge is 2.10. The number of aromatic amines is 1. The summed E-state index contributed by atoms with van der Waals surface area (Å²) >= 11 is 1.33. The number of hydrogen-bond acceptors (Lipinski definition) is 6. The maximum Gasteiger partial charge on any atom is 0.337 e. The molecule has 0 amide bonds. The SMILES string of the molecule is COC(=O)c1ccc2c(=O)[nH]c(CSC(N)=N[C@H](C)CCCC(C)C)nc2c1. The predicted molar refractivity (Wildman–Crippen MR) is 115 cm³/mol. The summed E-state index contributed by atoms with van der Waals surface area (Å²) in [6, 6.07) is 4.83. The van der Waals surface area contributed by atoms with Gasteiger partial charge in [-0.2, -0.15) is 0 Å². The topological polar surface area (TPSA) is 110 Å². The standard InChI is InChI=1S/C20H28N4O3S/c1-12(2)6-5-7-13(3)22-20(21)28-11-17-23-16-10-14(19(26)27-4)8-9-15(16)18(25)24-17/h8-10,12-13H,5-7,11H2,1-4H3,(H2,21,22)(H,23,24,25)/t13-/m1/s1. The molecule has 0 aliphatic rings. The van der Waals surface area contributed by atoms with Crippen molar-refractivity contribution in [3.63, 3.8) is 0 Å². The first-order valence-corrected chi connectivity index (χ1v) is 10.4. The van der Waals surface area contributed by atoms with Crippen molar-refractivity contribution in [3.8, 4) is 0 Å². The Morgan fingerprint density at radius 2 is 2.07 bits per heavy atom. The lowest BCUT2D eigenvalue weighted by Crippen LogP contribution is -2.15. The fourth-order valence-corrected chi connectivity index (χ4v) is 3.46. The molecule has 0 saturated heterocycles. The molecule has 0 radical (unpaired) electrons. The number of ether oxygens (including phenoxy) is 1. The minimum Gasteiger partial charge on any atom is -0.465 e. The van der Waals surface area contributed by atoms with Gasteiger partial charge in [-0.05, 0) is 37.5 Å². The van der Waals surface area contributed by atoms with Gasteiger partial charge >= 0.3 is 5.97 Å². The van der Waals surface area contributed by atoms with Gasteiger partial charge in [0.2, 0.25) is 0 Å². The molecule has 0 spiro atoms. The van der Waals surface area contributed by atoms with Gasteiger partial charge in [0.05, 0.1) is 29.3 Å². The number of thioether (sulfide) groups is 1. The van der Waals surface area contributed by atoms with E-state index in [1.165, 1.54) is 25.3 Å². The number of H-pyrrole nitrogens is 1. The molecule has 1 aromatic heterocycles. The third-order valence-corrected chi connectivity index (χ3v) is 5.10. The molecule has 0 aliphatic heterocycles. The van der Waals surface area contributed by atoms with Crippen LogP contribution in [0.2, 0.25) is 0 Å². The van der Waals surface area contributed by atoms with Crippen LogP contribution >= 0.6 is 11.8 Å². The van der Waals surface area contributed by atoms with E-state index in [9.17, 15) is 9.59 Å². The smallest absolute Gasteiger partial charge is 0.337 e. The molecule has 0 unspecified atom stereocenters. The van der Waals surface area contributed by atoms with E-state index in [1.807, 2.05) is 0 Å². The molecule has 152 valence electrons. The molecule has 1 atom stereocenters. The molecule has 7 nitrogen and oxygen atoms in total. The first-order valence-electron chi connectivity index (χ1n) is 9.37.